The standard InChI is InChI=1S/C15H19N3O3S/c1-9(15(16)22)7-18-11-6-13-12(20-3-4-21-13)5-10(11)17-14(18)8-19-2/h5-6,9H,3-4,7-8H2,1-2H3,(H2,16,22). The van der Waals surface area contributed by atoms with E-state index in [0.717, 1.165) is 28.4 Å². The third-order valence-corrected chi connectivity index (χ3v) is 4.11. The van der Waals surface area contributed by atoms with Crippen LogP contribution in [-0.4, -0.2) is 34.9 Å². The van der Waals surface area contributed by atoms with Crippen molar-refractivity contribution in [3.63, 3.8) is 0 Å². The van der Waals surface area contributed by atoms with Crippen molar-refractivity contribution in [2.75, 3.05) is 20.3 Å². The topological polar surface area (TPSA) is 71.5 Å². The van der Waals surface area contributed by atoms with Crippen LogP contribution < -0.4 is 15.2 Å². The molecular weight excluding hydrogens is 302 g/mol. The van der Waals surface area contributed by atoms with Gasteiger partial charge in [-0.05, 0) is 0 Å². The SMILES string of the molecule is COCc1nc2cc3c(cc2n1CC(C)C(N)=S)OCCO3. The zero-order chi connectivity index (χ0) is 15.7. The van der Waals surface area contributed by atoms with Gasteiger partial charge in [0.2, 0.25) is 0 Å². The van der Waals surface area contributed by atoms with Gasteiger partial charge in [0.1, 0.15) is 25.6 Å². The molecule has 7 heteroatoms. The zero-order valence-corrected chi connectivity index (χ0v) is 13.5. The Bertz CT molecular complexity index is 714. The van der Waals surface area contributed by atoms with Crippen molar-refractivity contribution in [2.45, 2.75) is 20.1 Å². The van der Waals surface area contributed by atoms with E-state index in [1.54, 1.807) is 7.11 Å². The van der Waals surface area contributed by atoms with Crippen LogP contribution in [0, 0.1) is 5.92 Å². The Morgan fingerprint density at radius 3 is 2.73 bits per heavy atom. The number of benzene rings is 1. The lowest BCUT2D eigenvalue weighted by atomic mass is 10.1. The predicted octanol–water partition coefficient (Wildman–Crippen LogP) is 1.88. The molecule has 0 bridgehead atoms. The minimum atomic E-state index is 0.0659. The minimum absolute atomic E-state index is 0.0659. The Labute approximate surface area is 134 Å². The number of imidazole rings is 1. The molecule has 1 aromatic heterocycles. The van der Waals surface area contributed by atoms with Crippen molar-refractivity contribution in [1.82, 2.24) is 9.55 Å². The van der Waals surface area contributed by atoms with Gasteiger partial charge >= 0.3 is 0 Å². The molecule has 3 rings (SSSR count). The maximum atomic E-state index is 5.75. The fourth-order valence-corrected chi connectivity index (χ4v) is 2.59. The lowest BCUT2D eigenvalue weighted by Crippen LogP contribution is -2.23. The first-order valence-electron chi connectivity index (χ1n) is 7.17. The molecule has 2 heterocycles. The second-order valence-electron chi connectivity index (χ2n) is 5.36. The van der Waals surface area contributed by atoms with Crippen LogP contribution >= 0.6 is 12.2 Å². The largest absolute Gasteiger partial charge is 0.486 e. The molecule has 0 amide bonds. The molecule has 1 aliphatic rings. The first-order chi connectivity index (χ1) is 10.6. The van der Waals surface area contributed by atoms with Crippen molar-refractivity contribution < 1.29 is 14.2 Å². The summed E-state index contributed by atoms with van der Waals surface area (Å²) in [5, 5.41) is 0. The summed E-state index contributed by atoms with van der Waals surface area (Å²) in [6.45, 7) is 4.20. The van der Waals surface area contributed by atoms with Crippen LogP contribution in [0.2, 0.25) is 0 Å². The predicted molar refractivity (Wildman–Crippen MR) is 87.4 cm³/mol. The van der Waals surface area contributed by atoms with Crippen molar-refractivity contribution in [3.05, 3.63) is 18.0 Å². The van der Waals surface area contributed by atoms with E-state index in [0.29, 0.717) is 31.4 Å². The lowest BCUT2D eigenvalue weighted by Gasteiger charge is -2.19. The number of methoxy groups -OCH3 is 1. The number of hydrogen-bond acceptors (Lipinski definition) is 5. The third kappa shape index (κ3) is 2.74. The second kappa shape index (κ2) is 6.10. The van der Waals surface area contributed by atoms with Crippen molar-refractivity contribution in [2.24, 2.45) is 11.7 Å². The molecule has 1 aliphatic heterocycles. The van der Waals surface area contributed by atoms with Crippen LogP contribution in [0.15, 0.2) is 12.1 Å². The Morgan fingerprint density at radius 2 is 2.09 bits per heavy atom. The molecule has 118 valence electrons. The van der Waals surface area contributed by atoms with Crippen LogP contribution in [0.25, 0.3) is 11.0 Å². The summed E-state index contributed by atoms with van der Waals surface area (Å²) in [7, 11) is 1.65. The van der Waals surface area contributed by atoms with Crippen molar-refractivity contribution in [3.8, 4) is 11.5 Å². The Hall–Kier alpha value is -1.86. The van der Waals surface area contributed by atoms with Gasteiger partial charge in [-0.25, -0.2) is 4.98 Å². The van der Waals surface area contributed by atoms with Gasteiger partial charge in [0, 0.05) is 31.7 Å². The highest BCUT2D eigenvalue weighted by Crippen LogP contribution is 2.35. The number of ether oxygens (including phenoxy) is 3. The van der Waals surface area contributed by atoms with Gasteiger partial charge in [0.05, 0.1) is 16.0 Å². The molecule has 0 saturated carbocycles. The number of thiocarbonyl (C=S) groups is 1. The van der Waals surface area contributed by atoms with E-state index in [1.807, 2.05) is 19.1 Å². The Morgan fingerprint density at radius 1 is 1.41 bits per heavy atom. The number of rotatable bonds is 5. The molecule has 0 spiro atoms. The number of nitrogens with two attached hydrogens (primary N) is 1. The van der Waals surface area contributed by atoms with Gasteiger partial charge in [-0.2, -0.15) is 0 Å². The molecule has 6 nitrogen and oxygen atoms in total. The highest BCUT2D eigenvalue weighted by atomic mass is 32.1. The molecule has 2 N–H and O–H groups in total. The van der Waals surface area contributed by atoms with E-state index in [4.69, 9.17) is 32.2 Å². The molecule has 1 aromatic carbocycles. The second-order valence-corrected chi connectivity index (χ2v) is 5.83. The maximum absolute atomic E-state index is 5.75. The number of fused-ring (bicyclic) bond motifs is 2. The Balaban J connectivity index is 2.09. The van der Waals surface area contributed by atoms with Gasteiger partial charge in [-0.3, -0.25) is 0 Å². The molecule has 2 aromatic rings. The molecule has 0 aliphatic carbocycles. The fourth-order valence-electron chi connectivity index (χ4n) is 2.52. The summed E-state index contributed by atoms with van der Waals surface area (Å²) in [4.78, 5) is 5.13. The summed E-state index contributed by atoms with van der Waals surface area (Å²) >= 11 is 5.09. The van der Waals surface area contributed by atoms with Gasteiger partial charge in [-0.15, -0.1) is 0 Å². The van der Waals surface area contributed by atoms with Crippen molar-refractivity contribution in [1.29, 1.82) is 0 Å². The van der Waals surface area contributed by atoms with E-state index in [9.17, 15) is 0 Å². The summed E-state index contributed by atoms with van der Waals surface area (Å²) in [6, 6.07) is 3.87. The van der Waals surface area contributed by atoms with Crippen LogP contribution in [0.1, 0.15) is 12.7 Å². The molecular formula is C15H19N3O3S. The third-order valence-electron chi connectivity index (χ3n) is 3.71. The van der Waals surface area contributed by atoms with Crippen molar-refractivity contribution >= 4 is 28.2 Å². The average molecular weight is 321 g/mol. The molecule has 0 radical (unpaired) electrons. The quantitative estimate of drug-likeness (QED) is 0.848. The lowest BCUT2D eigenvalue weighted by molar-refractivity contribution is 0.172. The normalized spacial score (nSPS) is 15.0. The summed E-state index contributed by atoms with van der Waals surface area (Å²) < 4.78 is 18.6. The monoisotopic (exact) mass is 321 g/mol. The zero-order valence-electron chi connectivity index (χ0n) is 12.7. The number of aromatic nitrogens is 2. The minimum Gasteiger partial charge on any atom is -0.486 e. The van der Waals surface area contributed by atoms with Crippen LogP contribution in [0.5, 0.6) is 11.5 Å². The molecule has 1 atom stereocenters. The van der Waals surface area contributed by atoms with E-state index in [-0.39, 0.29) is 5.92 Å². The molecule has 22 heavy (non-hydrogen) atoms. The van der Waals surface area contributed by atoms with E-state index >= 15 is 0 Å². The van der Waals surface area contributed by atoms with Crippen LogP contribution in [0.4, 0.5) is 0 Å². The summed E-state index contributed by atoms with van der Waals surface area (Å²) in [5.41, 5.74) is 7.58. The fraction of sp³-hybridized carbons (Fsp3) is 0.467. The molecule has 0 saturated heterocycles. The van der Waals surface area contributed by atoms with E-state index in [1.165, 1.54) is 0 Å². The summed E-state index contributed by atoms with van der Waals surface area (Å²) in [5.74, 6) is 2.38. The summed E-state index contributed by atoms with van der Waals surface area (Å²) in [6.07, 6.45) is 0. The number of nitrogens with zero attached hydrogens (tertiary/aromatic N) is 2. The molecule has 1 unspecified atom stereocenters. The highest BCUT2D eigenvalue weighted by molar-refractivity contribution is 7.80. The maximum Gasteiger partial charge on any atom is 0.163 e. The van der Waals surface area contributed by atoms with Crippen LogP contribution in [-0.2, 0) is 17.9 Å². The van der Waals surface area contributed by atoms with Gasteiger partial charge in [-0.1, -0.05) is 19.1 Å². The first kappa shape index (κ1) is 15.1. The molecule has 0 fully saturated rings. The number of hydrogen-bond donors (Lipinski definition) is 1. The van der Waals surface area contributed by atoms with Gasteiger partial charge < -0.3 is 24.5 Å². The Kier molecular flexibility index (Phi) is 4.17. The first-order valence-corrected chi connectivity index (χ1v) is 7.58. The van der Waals surface area contributed by atoms with Gasteiger partial charge in [0.25, 0.3) is 0 Å². The smallest absolute Gasteiger partial charge is 0.163 e. The van der Waals surface area contributed by atoms with Gasteiger partial charge in [0.15, 0.2) is 11.5 Å². The average Bonchev–Trinajstić information content (AvgIpc) is 2.82. The highest BCUT2D eigenvalue weighted by Gasteiger charge is 2.19. The van der Waals surface area contributed by atoms with Crippen LogP contribution in [0.3, 0.4) is 0 Å². The van der Waals surface area contributed by atoms with E-state index < -0.39 is 0 Å². The van der Waals surface area contributed by atoms with E-state index in [2.05, 4.69) is 9.55 Å².